The lowest BCUT2D eigenvalue weighted by Crippen LogP contribution is -2.24. The number of ketones is 2. The van der Waals surface area contributed by atoms with Gasteiger partial charge in [0.2, 0.25) is 0 Å². The molecule has 3 saturated carbocycles. The number of Topliss-reactive ketones (excluding diaryl/α,β-unsaturated/α-hetero) is 2. The van der Waals surface area contributed by atoms with Crippen molar-refractivity contribution in [2.75, 3.05) is 0 Å². The Balaban J connectivity index is 1.78. The maximum atomic E-state index is 11.8. The predicted molar refractivity (Wildman–Crippen MR) is 47.1 cm³/mol. The number of carbonyl (C=O) groups is 2. The van der Waals surface area contributed by atoms with Gasteiger partial charge >= 0.3 is 0 Å². The van der Waals surface area contributed by atoms with Gasteiger partial charge in [-0.25, -0.2) is 0 Å². The highest BCUT2D eigenvalue weighted by Crippen LogP contribution is 2.58. The van der Waals surface area contributed by atoms with Crippen molar-refractivity contribution >= 4 is 11.6 Å². The molecule has 1 atom stereocenters. The first-order valence-electron chi connectivity index (χ1n) is 5.31. The van der Waals surface area contributed by atoms with Crippen molar-refractivity contribution < 1.29 is 9.59 Å². The maximum absolute atomic E-state index is 11.8. The topological polar surface area (TPSA) is 34.1 Å². The van der Waals surface area contributed by atoms with Gasteiger partial charge in [0.1, 0.15) is 11.6 Å². The molecule has 0 aromatic heterocycles. The summed E-state index contributed by atoms with van der Waals surface area (Å²) in [6, 6.07) is 0. The summed E-state index contributed by atoms with van der Waals surface area (Å²) in [5, 5.41) is 0. The first-order chi connectivity index (χ1) is 6.23. The molecule has 0 aromatic carbocycles. The summed E-state index contributed by atoms with van der Waals surface area (Å²) in [6.07, 6.45) is 6.04. The van der Waals surface area contributed by atoms with E-state index >= 15 is 0 Å². The van der Waals surface area contributed by atoms with Crippen LogP contribution in [0.4, 0.5) is 0 Å². The molecule has 0 bridgehead atoms. The largest absolute Gasteiger partial charge is 0.299 e. The van der Waals surface area contributed by atoms with E-state index in [4.69, 9.17) is 0 Å². The minimum atomic E-state index is -0.185. The van der Waals surface area contributed by atoms with Crippen LogP contribution in [0.2, 0.25) is 0 Å². The van der Waals surface area contributed by atoms with Crippen molar-refractivity contribution in [3.8, 4) is 0 Å². The minimum Gasteiger partial charge on any atom is -0.299 e. The van der Waals surface area contributed by atoms with Crippen LogP contribution in [0.1, 0.15) is 38.5 Å². The van der Waals surface area contributed by atoms with Crippen molar-refractivity contribution in [2.24, 2.45) is 17.3 Å². The van der Waals surface area contributed by atoms with E-state index in [0.29, 0.717) is 5.78 Å². The molecule has 0 saturated heterocycles. The van der Waals surface area contributed by atoms with Gasteiger partial charge in [-0.1, -0.05) is 0 Å². The smallest absolute Gasteiger partial charge is 0.149 e. The van der Waals surface area contributed by atoms with Gasteiger partial charge in [-0.2, -0.15) is 0 Å². The molecular weight excluding hydrogens is 164 g/mol. The van der Waals surface area contributed by atoms with Crippen molar-refractivity contribution in [3.05, 3.63) is 0 Å². The molecule has 1 unspecified atom stereocenters. The number of hydrogen-bond donors (Lipinski definition) is 0. The lowest BCUT2D eigenvalue weighted by Gasteiger charge is -2.06. The molecule has 0 aliphatic heterocycles. The van der Waals surface area contributed by atoms with Gasteiger partial charge in [0, 0.05) is 11.3 Å². The Morgan fingerprint density at radius 2 is 1.85 bits per heavy atom. The van der Waals surface area contributed by atoms with Gasteiger partial charge in [-0.05, 0) is 38.5 Å². The third kappa shape index (κ3) is 1.01. The Hall–Kier alpha value is -0.660. The molecule has 0 N–H and O–H groups in total. The highest BCUT2D eigenvalue weighted by Gasteiger charge is 2.58. The molecule has 2 heteroatoms. The molecule has 0 amide bonds. The van der Waals surface area contributed by atoms with E-state index in [1.807, 2.05) is 0 Å². The van der Waals surface area contributed by atoms with Crippen LogP contribution in [0, 0.1) is 17.3 Å². The van der Waals surface area contributed by atoms with E-state index in [0.717, 1.165) is 38.5 Å². The SMILES string of the molecule is O=C(C1CC1)C1CCC2(CC2)C1=O. The third-order valence-electron chi connectivity index (χ3n) is 3.93. The van der Waals surface area contributed by atoms with Crippen LogP contribution in [-0.4, -0.2) is 11.6 Å². The van der Waals surface area contributed by atoms with Crippen LogP contribution >= 0.6 is 0 Å². The molecule has 3 aliphatic carbocycles. The number of carbonyl (C=O) groups excluding carboxylic acids is 2. The summed E-state index contributed by atoms with van der Waals surface area (Å²) in [5.74, 6) is 0.649. The molecule has 0 aromatic rings. The van der Waals surface area contributed by atoms with Gasteiger partial charge in [0.15, 0.2) is 0 Å². The molecule has 13 heavy (non-hydrogen) atoms. The summed E-state index contributed by atoms with van der Waals surface area (Å²) >= 11 is 0. The summed E-state index contributed by atoms with van der Waals surface area (Å²) in [5.41, 5.74) is 0.00914. The van der Waals surface area contributed by atoms with Crippen LogP contribution in [0.3, 0.4) is 0 Å². The average Bonchev–Trinajstić information content (AvgIpc) is 2.99. The summed E-state index contributed by atoms with van der Waals surface area (Å²) in [4.78, 5) is 23.6. The lowest BCUT2D eigenvalue weighted by molar-refractivity contribution is -0.133. The zero-order valence-electron chi connectivity index (χ0n) is 7.71. The fourth-order valence-corrected chi connectivity index (χ4v) is 2.62. The first kappa shape index (κ1) is 7.72. The highest BCUT2D eigenvalue weighted by atomic mass is 16.2. The molecular formula is C11H14O2. The van der Waals surface area contributed by atoms with Crippen molar-refractivity contribution in [2.45, 2.75) is 38.5 Å². The van der Waals surface area contributed by atoms with Gasteiger partial charge in [-0.15, -0.1) is 0 Å². The zero-order chi connectivity index (χ0) is 9.05. The standard InChI is InChI=1S/C11H14O2/c12-9(7-1-2-7)8-3-4-11(5-6-11)10(8)13/h7-8H,1-6H2. The second-order valence-electron chi connectivity index (χ2n) is 4.91. The Morgan fingerprint density at radius 3 is 2.31 bits per heavy atom. The van der Waals surface area contributed by atoms with E-state index in [-0.39, 0.29) is 23.0 Å². The second kappa shape index (κ2) is 2.23. The van der Waals surface area contributed by atoms with Crippen LogP contribution in [-0.2, 0) is 9.59 Å². The Labute approximate surface area is 77.7 Å². The first-order valence-corrected chi connectivity index (χ1v) is 5.31. The fourth-order valence-electron chi connectivity index (χ4n) is 2.62. The summed E-state index contributed by atoms with van der Waals surface area (Å²) < 4.78 is 0. The normalized spacial score (nSPS) is 35.4. The monoisotopic (exact) mass is 178 g/mol. The van der Waals surface area contributed by atoms with Crippen LogP contribution in [0.5, 0.6) is 0 Å². The van der Waals surface area contributed by atoms with Gasteiger partial charge < -0.3 is 0 Å². The van der Waals surface area contributed by atoms with E-state index in [1.165, 1.54) is 0 Å². The average molecular weight is 178 g/mol. The fraction of sp³-hybridized carbons (Fsp3) is 0.818. The molecule has 1 spiro atoms. The summed E-state index contributed by atoms with van der Waals surface area (Å²) in [6.45, 7) is 0. The quantitative estimate of drug-likeness (QED) is 0.603. The van der Waals surface area contributed by atoms with Crippen LogP contribution in [0.15, 0.2) is 0 Å². The molecule has 3 aliphatic rings. The van der Waals surface area contributed by atoms with Crippen molar-refractivity contribution in [1.29, 1.82) is 0 Å². The molecule has 3 fully saturated rings. The van der Waals surface area contributed by atoms with Crippen molar-refractivity contribution in [3.63, 3.8) is 0 Å². The van der Waals surface area contributed by atoms with E-state index < -0.39 is 0 Å². The molecule has 2 nitrogen and oxygen atoms in total. The van der Waals surface area contributed by atoms with E-state index in [2.05, 4.69) is 0 Å². The van der Waals surface area contributed by atoms with Crippen LogP contribution in [0.25, 0.3) is 0 Å². The lowest BCUT2D eigenvalue weighted by atomic mass is 9.95. The van der Waals surface area contributed by atoms with Gasteiger partial charge in [0.05, 0.1) is 5.92 Å². The second-order valence-corrected chi connectivity index (χ2v) is 4.91. The molecule has 0 heterocycles. The van der Waals surface area contributed by atoms with Crippen molar-refractivity contribution in [1.82, 2.24) is 0 Å². The number of rotatable bonds is 2. The zero-order valence-corrected chi connectivity index (χ0v) is 7.71. The Kier molecular flexibility index (Phi) is 1.32. The highest BCUT2D eigenvalue weighted by molar-refractivity contribution is 6.08. The number of hydrogen-bond acceptors (Lipinski definition) is 2. The Morgan fingerprint density at radius 1 is 1.15 bits per heavy atom. The molecule has 70 valence electrons. The summed E-state index contributed by atoms with van der Waals surface area (Å²) in [7, 11) is 0. The van der Waals surface area contributed by atoms with Crippen LogP contribution < -0.4 is 0 Å². The molecule has 3 rings (SSSR count). The third-order valence-corrected chi connectivity index (χ3v) is 3.93. The predicted octanol–water partition coefficient (Wildman–Crippen LogP) is 1.72. The minimum absolute atomic E-state index is 0.00914. The molecule has 0 radical (unpaired) electrons. The van der Waals surface area contributed by atoms with E-state index in [9.17, 15) is 9.59 Å². The van der Waals surface area contributed by atoms with E-state index in [1.54, 1.807) is 0 Å². The maximum Gasteiger partial charge on any atom is 0.149 e. The Bertz CT molecular complexity index is 284. The van der Waals surface area contributed by atoms with Gasteiger partial charge in [-0.3, -0.25) is 9.59 Å². The van der Waals surface area contributed by atoms with Gasteiger partial charge in [0.25, 0.3) is 0 Å².